The topological polar surface area (TPSA) is 140 Å². The molecule has 1 heterocycles. The molecule has 4 rings (SSSR count). The molecule has 0 unspecified atom stereocenters. The number of rotatable bonds is 4. The van der Waals surface area contributed by atoms with Gasteiger partial charge in [0.2, 0.25) is 0 Å². The highest BCUT2D eigenvalue weighted by Gasteiger charge is 2.47. The SMILES string of the molecule is CC(=O)O[C@H]1[C@H](C)O[C@@H](OCc2cc(O)c3c(c2O)C(=O)c2ccccc2C3=O)C[C@@]1(C)O. The van der Waals surface area contributed by atoms with Gasteiger partial charge < -0.3 is 29.5 Å². The van der Waals surface area contributed by atoms with E-state index in [9.17, 15) is 29.7 Å². The lowest BCUT2D eigenvalue weighted by molar-refractivity contribution is -0.279. The van der Waals surface area contributed by atoms with Crippen molar-refractivity contribution in [1.82, 2.24) is 0 Å². The number of aliphatic hydroxyl groups is 1. The summed E-state index contributed by atoms with van der Waals surface area (Å²) >= 11 is 0. The summed E-state index contributed by atoms with van der Waals surface area (Å²) in [7, 11) is 0. The van der Waals surface area contributed by atoms with Crippen LogP contribution in [-0.2, 0) is 25.6 Å². The Hall–Kier alpha value is -3.27. The fourth-order valence-corrected chi connectivity index (χ4v) is 4.42. The minimum atomic E-state index is -1.43. The molecule has 2 aromatic carbocycles. The van der Waals surface area contributed by atoms with Crippen molar-refractivity contribution in [2.45, 2.75) is 57.9 Å². The van der Waals surface area contributed by atoms with E-state index < -0.39 is 53.1 Å². The molecule has 0 aromatic heterocycles. The number of carbonyl (C=O) groups excluding carboxylic acids is 3. The fourth-order valence-electron chi connectivity index (χ4n) is 4.42. The first-order valence-corrected chi connectivity index (χ1v) is 10.4. The molecule has 33 heavy (non-hydrogen) atoms. The van der Waals surface area contributed by atoms with Gasteiger partial charge in [0.05, 0.1) is 23.8 Å². The van der Waals surface area contributed by atoms with Crippen molar-refractivity contribution in [2.75, 3.05) is 0 Å². The number of hydrogen-bond donors (Lipinski definition) is 3. The number of ketones is 2. The number of phenols is 2. The van der Waals surface area contributed by atoms with Crippen LogP contribution in [0.5, 0.6) is 11.5 Å². The number of ether oxygens (including phenoxy) is 3. The van der Waals surface area contributed by atoms with E-state index in [0.29, 0.717) is 0 Å². The number of fused-ring (bicyclic) bond motifs is 2. The molecular weight excluding hydrogens is 432 g/mol. The van der Waals surface area contributed by atoms with E-state index in [-0.39, 0.29) is 40.8 Å². The summed E-state index contributed by atoms with van der Waals surface area (Å²) < 4.78 is 16.6. The molecule has 1 aliphatic carbocycles. The molecule has 174 valence electrons. The summed E-state index contributed by atoms with van der Waals surface area (Å²) in [5, 5.41) is 32.0. The summed E-state index contributed by atoms with van der Waals surface area (Å²) in [6.45, 7) is 4.09. The van der Waals surface area contributed by atoms with E-state index in [1.807, 2.05) is 0 Å². The molecule has 4 atom stereocenters. The molecule has 1 fully saturated rings. The van der Waals surface area contributed by atoms with Crippen LogP contribution in [-0.4, -0.2) is 57.0 Å². The Morgan fingerprint density at radius 3 is 2.33 bits per heavy atom. The van der Waals surface area contributed by atoms with E-state index in [4.69, 9.17) is 14.2 Å². The van der Waals surface area contributed by atoms with Gasteiger partial charge in [-0.05, 0) is 19.9 Å². The lowest BCUT2D eigenvalue weighted by Crippen LogP contribution is -2.56. The van der Waals surface area contributed by atoms with E-state index in [1.54, 1.807) is 19.1 Å². The van der Waals surface area contributed by atoms with Crippen LogP contribution in [0, 0.1) is 0 Å². The molecule has 0 spiro atoms. The smallest absolute Gasteiger partial charge is 0.303 e. The van der Waals surface area contributed by atoms with Gasteiger partial charge in [0.15, 0.2) is 24.0 Å². The molecular formula is C24H24O9. The summed E-state index contributed by atoms with van der Waals surface area (Å²) in [5.41, 5.74) is -1.60. The Kier molecular flexibility index (Phi) is 5.73. The van der Waals surface area contributed by atoms with Crippen LogP contribution in [0.4, 0.5) is 0 Å². The van der Waals surface area contributed by atoms with Crippen molar-refractivity contribution in [3.8, 4) is 11.5 Å². The average molecular weight is 456 g/mol. The van der Waals surface area contributed by atoms with Gasteiger partial charge in [-0.2, -0.15) is 0 Å². The number of esters is 1. The second-order valence-corrected chi connectivity index (χ2v) is 8.53. The van der Waals surface area contributed by atoms with Crippen molar-refractivity contribution in [2.24, 2.45) is 0 Å². The maximum Gasteiger partial charge on any atom is 0.303 e. The van der Waals surface area contributed by atoms with Crippen molar-refractivity contribution in [3.05, 3.63) is 58.1 Å². The third-order valence-corrected chi connectivity index (χ3v) is 5.93. The van der Waals surface area contributed by atoms with Crippen LogP contribution in [0.25, 0.3) is 0 Å². The molecule has 1 saturated heterocycles. The van der Waals surface area contributed by atoms with Crippen LogP contribution < -0.4 is 0 Å². The van der Waals surface area contributed by atoms with Crippen LogP contribution >= 0.6 is 0 Å². The molecule has 3 N–H and O–H groups in total. The lowest BCUT2D eigenvalue weighted by Gasteiger charge is -2.43. The van der Waals surface area contributed by atoms with Gasteiger partial charge in [-0.1, -0.05) is 24.3 Å². The maximum atomic E-state index is 13.0. The first-order chi connectivity index (χ1) is 15.5. The zero-order valence-electron chi connectivity index (χ0n) is 18.3. The monoisotopic (exact) mass is 456 g/mol. The third-order valence-electron chi connectivity index (χ3n) is 5.93. The first kappa shape index (κ1) is 22.9. The molecule has 9 nitrogen and oxygen atoms in total. The molecule has 0 bridgehead atoms. The van der Waals surface area contributed by atoms with Gasteiger partial charge in [0, 0.05) is 30.0 Å². The Balaban J connectivity index is 1.58. The van der Waals surface area contributed by atoms with E-state index in [1.165, 1.54) is 32.0 Å². The van der Waals surface area contributed by atoms with Crippen LogP contribution in [0.1, 0.15) is 64.6 Å². The zero-order chi connectivity index (χ0) is 24.1. The van der Waals surface area contributed by atoms with Crippen molar-refractivity contribution >= 4 is 17.5 Å². The standard InChI is InChI=1S/C24H24O9/c1-11-23(33-12(2)25)24(3,30)9-17(32-11)31-10-13-8-16(26)18-19(20(13)27)22(29)15-7-5-4-6-14(15)21(18)28/h4-8,11,17,23,26-27,30H,9-10H2,1-3H3/t11-,17+,23-,24+/m0/s1. The van der Waals surface area contributed by atoms with Gasteiger partial charge in [0.1, 0.15) is 17.1 Å². The third kappa shape index (κ3) is 3.99. The highest BCUT2D eigenvalue weighted by Crippen LogP contribution is 2.41. The number of phenolic OH excluding ortho intramolecular Hbond substituents is 2. The summed E-state index contributed by atoms with van der Waals surface area (Å²) in [5.74, 6) is -2.61. The second-order valence-electron chi connectivity index (χ2n) is 8.53. The number of hydrogen-bond acceptors (Lipinski definition) is 9. The van der Waals surface area contributed by atoms with Crippen molar-refractivity contribution in [3.63, 3.8) is 0 Å². The van der Waals surface area contributed by atoms with E-state index in [2.05, 4.69) is 0 Å². The zero-order valence-corrected chi connectivity index (χ0v) is 18.3. The molecule has 9 heteroatoms. The van der Waals surface area contributed by atoms with Crippen molar-refractivity contribution in [1.29, 1.82) is 0 Å². The van der Waals surface area contributed by atoms with Gasteiger partial charge in [0.25, 0.3) is 0 Å². The number of benzene rings is 2. The summed E-state index contributed by atoms with van der Waals surface area (Å²) in [6, 6.07) is 7.36. The molecule has 0 amide bonds. The van der Waals surface area contributed by atoms with Crippen LogP contribution in [0.3, 0.4) is 0 Å². The minimum absolute atomic E-state index is 0.0300. The number of aromatic hydroxyl groups is 2. The number of carbonyl (C=O) groups is 3. The van der Waals surface area contributed by atoms with Crippen molar-refractivity contribution < 1.29 is 43.9 Å². The predicted molar refractivity (Wildman–Crippen MR) is 113 cm³/mol. The quantitative estimate of drug-likeness (QED) is 0.398. The Morgan fingerprint density at radius 1 is 1.15 bits per heavy atom. The van der Waals surface area contributed by atoms with Gasteiger partial charge in [-0.15, -0.1) is 0 Å². The first-order valence-electron chi connectivity index (χ1n) is 10.4. The maximum absolute atomic E-state index is 13.0. The van der Waals surface area contributed by atoms with Crippen LogP contribution in [0.15, 0.2) is 30.3 Å². The minimum Gasteiger partial charge on any atom is -0.507 e. The molecule has 2 aromatic rings. The Morgan fingerprint density at radius 2 is 1.76 bits per heavy atom. The molecule has 0 saturated carbocycles. The van der Waals surface area contributed by atoms with E-state index >= 15 is 0 Å². The van der Waals surface area contributed by atoms with Gasteiger partial charge >= 0.3 is 5.97 Å². The second kappa shape index (κ2) is 8.26. The average Bonchev–Trinajstić information content (AvgIpc) is 2.74. The normalized spacial score (nSPS) is 26.5. The van der Waals surface area contributed by atoms with Gasteiger partial charge in [-0.3, -0.25) is 14.4 Å². The highest BCUT2D eigenvalue weighted by atomic mass is 16.7. The summed E-state index contributed by atoms with van der Waals surface area (Å²) in [6.07, 6.45) is -2.52. The molecule has 0 radical (unpaired) electrons. The Bertz CT molecular complexity index is 1150. The summed E-state index contributed by atoms with van der Waals surface area (Å²) in [4.78, 5) is 37.1. The molecule has 1 aliphatic heterocycles. The highest BCUT2D eigenvalue weighted by molar-refractivity contribution is 6.30. The lowest BCUT2D eigenvalue weighted by atomic mass is 9.82. The van der Waals surface area contributed by atoms with Gasteiger partial charge in [-0.25, -0.2) is 0 Å². The van der Waals surface area contributed by atoms with Crippen LogP contribution in [0.2, 0.25) is 0 Å². The molecule has 2 aliphatic rings. The van der Waals surface area contributed by atoms with E-state index in [0.717, 1.165) is 0 Å². The predicted octanol–water partition coefficient (Wildman–Crippen LogP) is 2.21. The fraction of sp³-hybridized carbons (Fsp3) is 0.375. The Labute approximate surface area is 189 Å². The largest absolute Gasteiger partial charge is 0.507 e.